The molecule has 5 aliphatic rings. The van der Waals surface area contributed by atoms with Crippen LogP contribution in [0.3, 0.4) is 0 Å². The van der Waals surface area contributed by atoms with Crippen molar-refractivity contribution in [3.8, 4) is 0 Å². The van der Waals surface area contributed by atoms with Gasteiger partial charge >= 0.3 is 0 Å². The van der Waals surface area contributed by atoms with Gasteiger partial charge in [-0.1, -0.05) is 37.3 Å². The Morgan fingerprint density at radius 2 is 1.77 bits per heavy atom. The van der Waals surface area contributed by atoms with E-state index in [1.165, 1.54) is 18.4 Å². The largest absolute Gasteiger partial charge is 0.304 e. The van der Waals surface area contributed by atoms with E-state index in [0.717, 1.165) is 45.4 Å². The molecule has 0 aromatic heterocycles. The van der Waals surface area contributed by atoms with Crippen LogP contribution in [0.4, 0.5) is 0 Å². The Morgan fingerprint density at radius 3 is 2.50 bits per heavy atom. The third-order valence-corrected chi connectivity index (χ3v) is 7.91. The van der Waals surface area contributed by atoms with E-state index in [0.29, 0.717) is 17.2 Å². The summed E-state index contributed by atoms with van der Waals surface area (Å²) in [6, 6.07) is 11.1. The molecular formula is C22H31N3O. The Kier molecular flexibility index (Phi) is 3.58. The molecule has 1 aliphatic heterocycles. The Balaban J connectivity index is 1.41. The molecule has 0 spiro atoms. The van der Waals surface area contributed by atoms with E-state index in [1.54, 1.807) is 0 Å². The fourth-order valence-corrected chi connectivity index (χ4v) is 7.12. The minimum absolute atomic E-state index is 0.158. The number of benzene rings is 1. The molecule has 6 rings (SSSR count). The van der Waals surface area contributed by atoms with Gasteiger partial charge in [0.25, 0.3) is 0 Å². The molecule has 5 fully saturated rings. The van der Waals surface area contributed by atoms with E-state index in [2.05, 4.69) is 59.6 Å². The molecule has 0 radical (unpaired) electrons. The molecule has 4 saturated carbocycles. The molecule has 4 unspecified atom stereocenters. The summed E-state index contributed by atoms with van der Waals surface area (Å²) < 4.78 is 0. The van der Waals surface area contributed by atoms with Crippen molar-refractivity contribution in [2.45, 2.75) is 44.4 Å². The number of nitrogens with zero attached hydrogens (tertiary/aromatic N) is 2. The van der Waals surface area contributed by atoms with Gasteiger partial charge in [0.2, 0.25) is 5.91 Å². The van der Waals surface area contributed by atoms with Crippen LogP contribution in [-0.4, -0.2) is 49.0 Å². The van der Waals surface area contributed by atoms with Crippen molar-refractivity contribution in [2.75, 3.05) is 33.2 Å². The van der Waals surface area contributed by atoms with E-state index < -0.39 is 0 Å². The molecule has 4 heteroatoms. The lowest BCUT2D eigenvalue weighted by Crippen LogP contribution is -2.57. The van der Waals surface area contributed by atoms with Crippen LogP contribution >= 0.6 is 0 Å². The van der Waals surface area contributed by atoms with Crippen LogP contribution in [0.25, 0.3) is 0 Å². The molecule has 1 aromatic rings. The summed E-state index contributed by atoms with van der Waals surface area (Å²) in [6.07, 6.45) is 5.76. The maximum Gasteiger partial charge on any atom is 0.240 e. The van der Waals surface area contributed by atoms with Crippen LogP contribution in [0, 0.1) is 16.7 Å². The van der Waals surface area contributed by atoms with Crippen LogP contribution in [0.15, 0.2) is 30.3 Å². The number of nitrogens with one attached hydrogen (secondary N) is 1. The zero-order chi connectivity index (χ0) is 18.0. The first-order chi connectivity index (χ1) is 12.4. The predicted molar refractivity (Wildman–Crippen MR) is 102 cm³/mol. The second kappa shape index (κ2) is 5.56. The first-order valence-electron chi connectivity index (χ1n) is 10.2. The number of likely N-dealkylation sites (N-methyl/N-ethyl adjacent to an activating group) is 1. The Bertz CT molecular complexity index is 713. The van der Waals surface area contributed by atoms with Crippen LogP contribution in [0.5, 0.6) is 0 Å². The third kappa shape index (κ3) is 2.38. The Labute approximate surface area is 156 Å². The standard InChI is InChI=1S/C22H31N3O/c1-20-12-18-13-21(14-20,19(26)23-25-10-8-24(2)9-11-25)16-22(18,15-20)17-6-4-3-5-7-17/h3-7,18H,8-16H2,1-2H3,(H,23,26). The minimum Gasteiger partial charge on any atom is -0.304 e. The summed E-state index contributed by atoms with van der Waals surface area (Å²) in [7, 11) is 2.15. The van der Waals surface area contributed by atoms with Gasteiger partial charge in [-0.05, 0) is 61.5 Å². The summed E-state index contributed by atoms with van der Waals surface area (Å²) in [5.74, 6) is 0.970. The molecule has 1 N–H and O–H groups in total. The number of carbonyl (C=O) groups is 1. The first-order valence-corrected chi connectivity index (χ1v) is 10.2. The van der Waals surface area contributed by atoms with Gasteiger partial charge in [-0.3, -0.25) is 10.2 Å². The van der Waals surface area contributed by atoms with Gasteiger partial charge in [0.15, 0.2) is 0 Å². The maximum atomic E-state index is 13.4. The summed E-state index contributed by atoms with van der Waals surface area (Å²) in [4.78, 5) is 15.8. The van der Waals surface area contributed by atoms with Gasteiger partial charge in [0, 0.05) is 26.2 Å². The zero-order valence-electron chi connectivity index (χ0n) is 16.1. The fraction of sp³-hybridized carbons (Fsp3) is 0.682. The zero-order valence-corrected chi connectivity index (χ0v) is 16.1. The number of hydrogen-bond donors (Lipinski definition) is 1. The van der Waals surface area contributed by atoms with Crippen LogP contribution < -0.4 is 5.43 Å². The predicted octanol–water partition coefficient (Wildman–Crippen LogP) is 2.80. The molecule has 4 atom stereocenters. The van der Waals surface area contributed by atoms with Crippen molar-refractivity contribution >= 4 is 5.91 Å². The number of hydrazine groups is 1. The van der Waals surface area contributed by atoms with E-state index in [-0.39, 0.29) is 10.8 Å². The highest BCUT2D eigenvalue weighted by atomic mass is 16.2. The van der Waals surface area contributed by atoms with E-state index >= 15 is 0 Å². The maximum absolute atomic E-state index is 13.4. The quantitative estimate of drug-likeness (QED) is 0.908. The Morgan fingerprint density at radius 1 is 1.04 bits per heavy atom. The van der Waals surface area contributed by atoms with E-state index in [9.17, 15) is 4.79 Å². The molecule has 1 aromatic carbocycles. The van der Waals surface area contributed by atoms with Gasteiger partial charge < -0.3 is 4.90 Å². The second-order valence-electron chi connectivity index (χ2n) is 9.98. The highest BCUT2D eigenvalue weighted by Gasteiger charge is 2.70. The Hall–Kier alpha value is -1.39. The molecule has 4 nitrogen and oxygen atoms in total. The molecule has 26 heavy (non-hydrogen) atoms. The smallest absolute Gasteiger partial charge is 0.240 e. The number of piperazine rings is 1. The second-order valence-corrected chi connectivity index (χ2v) is 9.98. The normalized spacial score (nSPS) is 42.3. The third-order valence-electron chi connectivity index (χ3n) is 7.91. The van der Waals surface area contributed by atoms with Crippen LogP contribution in [0.2, 0.25) is 0 Å². The average Bonchev–Trinajstić information content (AvgIpc) is 2.98. The van der Waals surface area contributed by atoms with Gasteiger partial charge in [-0.2, -0.15) is 0 Å². The lowest BCUT2D eigenvalue weighted by molar-refractivity contribution is -0.142. The molecule has 4 aliphatic carbocycles. The molecule has 1 amide bonds. The van der Waals surface area contributed by atoms with Crippen molar-refractivity contribution in [3.63, 3.8) is 0 Å². The van der Waals surface area contributed by atoms with Gasteiger partial charge in [-0.15, -0.1) is 0 Å². The van der Waals surface area contributed by atoms with Crippen molar-refractivity contribution in [3.05, 3.63) is 35.9 Å². The van der Waals surface area contributed by atoms with Crippen LogP contribution in [-0.2, 0) is 10.2 Å². The van der Waals surface area contributed by atoms with E-state index in [4.69, 9.17) is 0 Å². The number of amides is 1. The van der Waals surface area contributed by atoms with Gasteiger partial charge in [-0.25, -0.2) is 5.01 Å². The number of carbonyl (C=O) groups excluding carboxylic acids is 1. The molecule has 1 saturated heterocycles. The van der Waals surface area contributed by atoms with Crippen LogP contribution in [0.1, 0.15) is 44.6 Å². The summed E-state index contributed by atoms with van der Waals surface area (Å²) in [6.45, 7) is 6.36. The lowest BCUT2D eigenvalue weighted by Gasteiger charge is -2.46. The van der Waals surface area contributed by atoms with Gasteiger partial charge in [0.05, 0.1) is 5.41 Å². The average molecular weight is 354 g/mol. The van der Waals surface area contributed by atoms with Gasteiger partial charge in [0.1, 0.15) is 0 Å². The van der Waals surface area contributed by atoms with Crippen molar-refractivity contribution in [1.82, 2.24) is 15.3 Å². The van der Waals surface area contributed by atoms with E-state index in [1.807, 2.05) is 0 Å². The van der Waals surface area contributed by atoms with Crippen molar-refractivity contribution < 1.29 is 4.79 Å². The molecule has 1 heterocycles. The van der Waals surface area contributed by atoms with Crippen molar-refractivity contribution in [1.29, 1.82) is 0 Å². The highest BCUT2D eigenvalue weighted by Crippen LogP contribution is 2.74. The first kappa shape index (κ1) is 16.8. The summed E-state index contributed by atoms with van der Waals surface area (Å²) in [5, 5.41) is 2.15. The topological polar surface area (TPSA) is 35.6 Å². The summed E-state index contributed by atoms with van der Waals surface area (Å²) in [5.41, 5.74) is 5.20. The molecule has 140 valence electrons. The summed E-state index contributed by atoms with van der Waals surface area (Å²) >= 11 is 0. The fourth-order valence-electron chi connectivity index (χ4n) is 7.12. The monoisotopic (exact) mass is 353 g/mol. The number of rotatable bonds is 3. The van der Waals surface area contributed by atoms with Crippen molar-refractivity contribution in [2.24, 2.45) is 16.7 Å². The highest BCUT2D eigenvalue weighted by molar-refractivity contribution is 5.84. The minimum atomic E-state index is -0.158. The number of hydrogen-bond acceptors (Lipinski definition) is 3. The SMILES string of the molecule is CN1CCN(NC(=O)C23CC4CC(C)(C2)CC4(c2ccccc2)C3)CC1. The molecular weight excluding hydrogens is 322 g/mol. The molecule has 4 bridgehead atoms. The lowest BCUT2D eigenvalue weighted by atomic mass is 9.59.